The molecule has 1 atom stereocenters. The Hall–Kier alpha value is -3.92. The number of para-hydroxylation sites is 1. The summed E-state index contributed by atoms with van der Waals surface area (Å²) in [6, 6.07) is 7.81. The van der Waals surface area contributed by atoms with Crippen LogP contribution in [0.3, 0.4) is 0 Å². The first-order valence-corrected chi connectivity index (χ1v) is 10.8. The third-order valence-corrected chi connectivity index (χ3v) is 5.93. The van der Waals surface area contributed by atoms with Crippen molar-refractivity contribution in [3.05, 3.63) is 74.1 Å². The van der Waals surface area contributed by atoms with Gasteiger partial charge in [0.15, 0.2) is 11.2 Å². The number of ether oxygens (including phenoxy) is 1. The lowest BCUT2D eigenvalue weighted by atomic mass is 9.92. The zero-order valence-electron chi connectivity index (χ0n) is 18.6. The molecule has 10 nitrogen and oxygen atoms in total. The zero-order valence-corrected chi connectivity index (χ0v) is 18.6. The number of methoxy groups -OCH3 is 1. The molecule has 1 aliphatic heterocycles. The van der Waals surface area contributed by atoms with E-state index in [9.17, 15) is 24.3 Å². The van der Waals surface area contributed by atoms with E-state index in [0.29, 0.717) is 37.1 Å². The number of hydrogen-bond acceptors (Lipinski definition) is 9. The summed E-state index contributed by atoms with van der Waals surface area (Å²) in [5.74, 6) is -2.39. The van der Waals surface area contributed by atoms with Crippen molar-refractivity contribution in [3.8, 4) is 5.75 Å². The number of rotatable bonds is 7. The Kier molecular flexibility index (Phi) is 6.78. The minimum absolute atomic E-state index is 0.0549. The lowest BCUT2D eigenvalue weighted by Gasteiger charge is -2.32. The van der Waals surface area contributed by atoms with Crippen LogP contribution >= 0.6 is 0 Å². The average Bonchev–Trinajstić information content (AvgIpc) is 2.86. The fourth-order valence-corrected chi connectivity index (χ4v) is 4.04. The molecule has 0 bridgehead atoms. The van der Waals surface area contributed by atoms with Gasteiger partial charge < -0.3 is 23.6 Å². The molecule has 10 heteroatoms. The van der Waals surface area contributed by atoms with Crippen LogP contribution in [0, 0.1) is 0 Å². The molecule has 1 aromatic carbocycles. The number of carbonyl (C=O) groups is 2. The number of carbonyl (C=O) groups excluding carboxylic acids is 2. The molecule has 1 N–H and O–H groups in total. The standard InChI is InChI=1S/C24H24N2O8/c1-32-21(29)11-17(18-13-33-20-5-3-2-4-16(20)22(18)30)24-23(31)19(28)10-15(34-24)12-25-6-8-26(14-27)9-7-25/h2-5,10,13-14,17,31H,6-9,11-12H2,1H3. The Bertz CT molecular complexity index is 1320. The van der Waals surface area contributed by atoms with E-state index < -0.39 is 28.5 Å². The normalized spacial score (nSPS) is 15.3. The van der Waals surface area contributed by atoms with Crippen LogP contribution in [-0.2, 0) is 20.9 Å². The number of aromatic hydroxyl groups is 1. The number of esters is 1. The number of nitrogens with zero attached hydrogens (tertiary/aromatic N) is 2. The highest BCUT2D eigenvalue weighted by Gasteiger charge is 2.30. The van der Waals surface area contributed by atoms with Crippen LogP contribution in [0.4, 0.5) is 0 Å². The SMILES string of the molecule is COC(=O)CC(c1oc(CN2CCN(C=O)CC2)cc(=O)c1O)c1coc2ccccc2c1=O. The molecule has 1 unspecified atom stereocenters. The molecule has 0 spiro atoms. The molecule has 1 fully saturated rings. The smallest absolute Gasteiger partial charge is 0.306 e. The maximum atomic E-state index is 13.2. The van der Waals surface area contributed by atoms with Gasteiger partial charge in [0.25, 0.3) is 0 Å². The summed E-state index contributed by atoms with van der Waals surface area (Å²) in [7, 11) is 1.20. The molecule has 1 aliphatic rings. The molecule has 1 saturated heterocycles. The van der Waals surface area contributed by atoms with Gasteiger partial charge in [-0.3, -0.25) is 24.1 Å². The Morgan fingerprint density at radius 3 is 2.65 bits per heavy atom. The topological polar surface area (TPSA) is 130 Å². The minimum Gasteiger partial charge on any atom is -0.502 e. The van der Waals surface area contributed by atoms with Crippen LogP contribution in [0.1, 0.15) is 29.4 Å². The maximum Gasteiger partial charge on any atom is 0.306 e. The van der Waals surface area contributed by atoms with Crippen molar-refractivity contribution in [2.24, 2.45) is 0 Å². The molecule has 178 valence electrons. The second-order valence-corrected chi connectivity index (χ2v) is 8.06. The van der Waals surface area contributed by atoms with Crippen LogP contribution in [0.5, 0.6) is 5.75 Å². The molecule has 2 aromatic heterocycles. The van der Waals surface area contributed by atoms with Crippen molar-refractivity contribution in [1.29, 1.82) is 0 Å². The highest BCUT2D eigenvalue weighted by Crippen LogP contribution is 2.33. The van der Waals surface area contributed by atoms with Gasteiger partial charge in [-0.05, 0) is 12.1 Å². The summed E-state index contributed by atoms with van der Waals surface area (Å²) in [4.78, 5) is 52.6. The predicted octanol–water partition coefficient (Wildman–Crippen LogP) is 1.42. The molecule has 3 heterocycles. The summed E-state index contributed by atoms with van der Waals surface area (Å²) in [5, 5.41) is 10.9. The third-order valence-electron chi connectivity index (χ3n) is 5.93. The van der Waals surface area contributed by atoms with Gasteiger partial charge in [0, 0.05) is 37.8 Å². The summed E-state index contributed by atoms with van der Waals surface area (Å²) >= 11 is 0. The largest absolute Gasteiger partial charge is 0.502 e. The van der Waals surface area contributed by atoms with Gasteiger partial charge in [-0.1, -0.05) is 12.1 Å². The van der Waals surface area contributed by atoms with E-state index in [1.54, 1.807) is 29.2 Å². The van der Waals surface area contributed by atoms with Crippen molar-refractivity contribution in [1.82, 2.24) is 9.80 Å². The molecule has 0 aliphatic carbocycles. The predicted molar refractivity (Wildman–Crippen MR) is 121 cm³/mol. The monoisotopic (exact) mass is 468 g/mol. The van der Waals surface area contributed by atoms with Crippen LogP contribution in [0.15, 0.2) is 55.0 Å². The lowest BCUT2D eigenvalue weighted by molar-refractivity contribution is -0.141. The summed E-state index contributed by atoms with van der Waals surface area (Å²) in [6.45, 7) is 2.51. The van der Waals surface area contributed by atoms with Crippen LogP contribution in [0.2, 0.25) is 0 Å². The zero-order chi connectivity index (χ0) is 24.2. The number of piperazine rings is 1. The Labute approximate surface area is 193 Å². The van der Waals surface area contributed by atoms with Gasteiger partial charge in [-0.2, -0.15) is 0 Å². The molecule has 4 rings (SSSR count). The summed E-state index contributed by atoms with van der Waals surface area (Å²) in [6.07, 6.45) is 1.66. The average molecular weight is 468 g/mol. The van der Waals surface area contributed by atoms with E-state index in [-0.39, 0.29) is 30.0 Å². The van der Waals surface area contributed by atoms with Gasteiger partial charge in [0.2, 0.25) is 17.6 Å². The molecular formula is C24H24N2O8. The fourth-order valence-electron chi connectivity index (χ4n) is 4.04. The van der Waals surface area contributed by atoms with E-state index in [4.69, 9.17) is 13.6 Å². The molecular weight excluding hydrogens is 444 g/mol. The first-order chi connectivity index (χ1) is 16.4. The van der Waals surface area contributed by atoms with Gasteiger partial charge in [-0.25, -0.2) is 0 Å². The van der Waals surface area contributed by atoms with Crippen molar-refractivity contribution >= 4 is 23.3 Å². The van der Waals surface area contributed by atoms with Gasteiger partial charge in [-0.15, -0.1) is 0 Å². The van der Waals surface area contributed by atoms with E-state index in [1.807, 2.05) is 4.90 Å². The fraction of sp³-hybridized carbons (Fsp3) is 0.333. The van der Waals surface area contributed by atoms with E-state index in [0.717, 1.165) is 6.41 Å². The highest BCUT2D eigenvalue weighted by molar-refractivity contribution is 5.77. The van der Waals surface area contributed by atoms with Crippen molar-refractivity contribution in [2.45, 2.75) is 18.9 Å². The number of benzene rings is 1. The maximum absolute atomic E-state index is 13.2. The van der Waals surface area contributed by atoms with Gasteiger partial charge in [0.1, 0.15) is 11.3 Å². The number of fused-ring (bicyclic) bond motifs is 1. The minimum atomic E-state index is -1.10. The first-order valence-electron chi connectivity index (χ1n) is 10.8. The van der Waals surface area contributed by atoms with Crippen molar-refractivity contribution in [3.63, 3.8) is 0 Å². The Balaban J connectivity index is 1.75. The summed E-state index contributed by atoms with van der Waals surface area (Å²) < 4.78 is 16.3. The van der Waals surface area contributed by atoms with Crippen LogP contribution in [-0.4, -0.2) is 60.6 Å². The lowest BCUT2D eigenvalue weighted by Crippen LogP contribution is -2.45. The third kappa shape index (κ3) is 4.72. The molecule has 0 saturated carbocycles. The van der Waals surface area contributed by atoms with Gasteiger partial charge >= 0.3 is 5.97 Å². The number of hydrogen-bond donors (Lipinski definition) is 1. The molecule has 1 amide bonds. The molecule has 3 aromatic rings. The van der Waals surface area contributed by atoms with E-state index in [2.05, 4.69) is 0 Å². The van der Waals surface area contributed by atoms with E-state index >= 15 is 0 Å². The number of amides is 1. The highest BCUT2D eigenvalue weighted by atomic mass is 16.5. The second-order valence-electron chi connectivity index (χ2n) is 8.06. The van der Waals surface area contributed by atoms with Crippen LogP contribution in [0.25, 0.3) is 11.0 Å². The van der Waals surface area contributed by atoms with Crippen molar-refractivity contribution < 1.29 is 28.3 Å². The molecule has 34 heavy (non-hydrogen) atoms. The first kappa shape index (κ1) is 23.2. The summed E-state index contributed by atoms with van der Waals surface area (Å²) in [5.41, 5.74) is -0.683. The Morgan fingerprint density at radius 1 is 1.21 bits per heavy atom. The van der Waals surface area contributed by atoms with Crippen molar-refractivity contribution in [2.75, 3.05) is 33.3 Å². The van der Waals surface area contributed by atoms with Gasteiger partial charge in [0.05, 0.1) is 37.6 Å². The van der Waals surface area contributed by atoms with E-state index in [1.165, 1.54) is 19.4 Å². The quantitative estimate of drug-likeness (QED) is 0.404. The van der Waals surface area contributed by atoms with Crippen LogP contribution < -0.4 is 10.9 Å². The Morgan fingerprint density at radius 2 is 1.94 bits per heavy atom. The molecule has 0 radical (unpaired) electrons. The second kappa shape index (κ2) is 9.92.